The van der Waals surface area contributed by atoms with E-state index in [9.17, 15) is 14.4 Å². The molecule has 6 nitrogen and oxygen atoms in total. The van der Waals surface area contributed by atoms with Crippen molar-refractivity contribution in [3.8, 4) is 0 Å². The normalized spacial score (nSPS) is 12.2. The second-order valence-electron chi connectivity index (χ2n) is 19.2. The SMILES string of the molecule is CCCCCC/C=C\CCCCCCCCCC(=O)OCC(COC(=O)CCCCC/C=C\C=C/CCCCCCCCC)OC(=O)CCCCCCCCCCCCCCCCCC. The fourth-order valence-corrected chi connectivity index (χ4v) is 8.31. The van der Waals surface area contributed by atoms with Crippen molar-refractivity contribution in [3.05, 3.63) is 36.5 Å². The Kier molecular flexibility index (Phi) is 52.3. The van der Waals surface area contributed by atoms with Gasteiger partial charge >= 0.3 is 17.9 Å². The van der Waals surface area contributed by atoms with E-state index in [0.717, 1.165) is 70.6 Å². The molecule has 0 spiro atoms. The Labute approximate surface area is 404 Å². The van der Waals surface area contributed by atoms with Gasteiger partial charge in [0.15, 0.2) is 6.10 Å². The summed E-state index contributed by atoms with van der Waals surface area (Å²) < 4.78 is 16.8. The Morgan fingerprint density at radius 1 is 0.308 bits per heavy atom. The predicted octanol–water partition coefficient (Wildman–Crippen LogP) is 18.9. The van der Waals surface area contributed by atoms with Crippen LogP contribution in [0.2, 0.25) is 0 Å². The molecule has 0 saturated carbocycles. The van der Waals surface area contributed by atoms with Gasteiger partial charge in [0.2, 0.25) is 0 Å². The molecule has 0 aliphatic rings. The van der Waals surface area contributed by atoms with Gasteiger partial charge in [0.25, 0.3) is 0 Å². The van der Waals surface area contributed by atoms with Crippen LogP contribution in [0, 0.1) is 0 Å². The van der Waals surface area contributed by atoms with Crippen molar-refractivity contribution in [3.63, 3.8) is 0 Å². The molecule has 0 aromatic rings. The van der Waals surface area contributed by atoms with Crippen LogP contribution in [0.25, 0.3) is 0 Å². The highest BCUT2D eigenvalue weighted by Gasteiger charge is 2.19. The van der Waals surface area contributed by atoms with Crippen LogP contribution in [0.5, 0.6) is 0 Å². The largest absolute Gasteiger partial charge is 0.462 e. The number of carbonyl (C=O) groups is 3. The zero-order valence-corrected chi connectivity index (χ0v) is 43.5. The standard InChI is InChI=1S/C59H108O6/c1-4-7-10-13-16-19-22-25-28-31-34-37-40-43-46-49-52-58(61)64-55-56(54-63-57(60)51-48-45-42-39-36-33-30-27-24-21-18-15-12-9-6-3)65-59(62)53-50-47-44-41-38-35-32-29-26-23-20-17-14-11-8-5-2/h21,24,28,31,34,37,56H,4-20,22-23,25-27,29-30,32-33,35-36,38-55H2,1-3H3/b24-21-,31-28-,37-34-. The molecular weight excluding hydrogens is 805 g/mol. The summed E-state index contributed by atoms with van der Waals surface area (Å²) in [6.07, 6.45) is 64.1. The van der Waals surface area contributed by atoms with Crippen LogP contribution >= 0.6 is 0 Å². The predicted molar refractivity (Wildman–Crippen MR) is 279 cm³/mol. The molecule has 0 aromatic carbocycles. The van der Waals surface area contributed by atoms with Crippen molar-refractivity contribution in [1.29, 1.82) is 0 Å². The highest BCUT2D eigenvalue weighted by atomic mass is 16.6. The summed E-state index contributed by atoms with van der Waals surface area (Å²) >= 11 is 0. The molecule has 1 atom stereocenters. The van der Waals surface area contributed by atoms with Crippen molar-refractivity contribution >= 4 is 17.9 Å². The fraction of sp³-hybridized carbons (Fsp3) is 0.847. The maximum absolute atomic E-state index is 12.8. The number of hydrogen-bond donors (Lipinski definition) is 0. The van der Waals surface area contributed by atoms with Crippen LogP contribution < -0.4 is 0 Å². The number of unbranched alkanes of at least 4 members (excludes halogenated alkanes) is 36. The van der Waals surface area contributed by atoms with E-state index in [1.54, 1.807) is 0 Å². The highest BCUT2D eigenvalue weighted by molar-refractivity contribution is 5.71. The zero-order valence-electron chi connectivity index (χ0n) is 43.5. The average molecular weight is 914 g/mol. The van der Waals surface area contributed by atoms with Crippen LogP contribution in [0.1, 0.15) is 303 Å². The minimum absolute atomic E-state index is 0.0795. The summed E-state index contributed by atoms with van der Waals surface area (Å²) in [5.41, 5.74) is 0. The van der Waals surface area contributed by atoms with E-state index in [4.69, 9.17) is 14.2 Å². The van der Waals surface area contributed by atoms with E-state index in [0.29, 0.717) is 19.3 Å². The number of esters is 3. The number of ether oxygens (including phenoxy) is 3. The van der Waals surface area contributed by atoms with E-state index in [-0.39, 0.29) is 31.1 Å². The lowest BCUT2D eigenvalue weighted by molar-refractivity contribution is -0.167. The zero-order chi connectivity index (χ0) is 47.2. The van der Waals surface area contributed by atoms with Crippen molar-refractivity contribution < 1.29 is 28.6 Å². The molecule has 0 aliphatic carbocycles. The van der Waals surface area contributed by atoms with Crippen LogP contribution in [0.15, 0.2) is 36.5 Å². The third kappa shape index (κ3) is 52.5. The van der Waals surface area contributed by atoms with Gasteiger partial charge in [0.05, 0.1) is 0 Å². The second-order valence-corrected chi connectivity index (χ2v) is 19.2. The third-order valence-corrected chi connectivity index (χ3v) is 12.6. The summed E-state index contributed by atoms with van der Waals surface area (Å²) in [5.74, 6) is -0.894. The molecule has 0 N–H and O–H groups in total. The number of carbonyl (C=O) groups excluding carboxylic acids is 3. The summed E-state index contributed by atoms with van der Waals surface area (Å²) in [7, 11) is 0. The molecule has 0 saturated heterocycles. The molecule has 0 heterocycles. The average Bonchev–Trinajstić information content (AvgIpc) is 3.30. The lowest BCUT2D eigenvalue weighted by Crippen LogP contribution is -2.30. The topological polar surface area (TPSA) is 78.9 Å². The Bertz CT molecular complexity index is 1090. The van der Waals surface area contributed by atoms with Crippen LogP contribution in [0.4, 0.5) is 0 Å². The number of rotatable bonds is 52. The van der Waals surface area contributed by atoms with Gasteiger partial charge in [-0.1, -0.05) is 250 Å². The van der Waals surface area contributed by atoms with Crippen LogP contribution in [-0.4, -0.2) is 37.2 Å². The van der Waals surface area contributed by atoms with Crippen molar-refractivity contribution in [2.45, 2.75) is 309 Å². The molecule has 1 unspecified atom stereocenters. The van der Waals surface area contributed by atoms with Crippen molar-refractivity contribution in [2.75, 3.05) is 13.2 Å². The van der Waals surface area contributed by atoms with Gasteiger partial charge in [-0.25, -0.2) is 0 Å². The highest BCUT2D eigenvalue weighted by Crippen LogP contribution is 2.16. The van der Waals surface area contributed by atoms with Gasteiger partial charge in [0, 0.05) is 19.3 Å². The molecule has 65 heavy (non-hydrogen) atoms. The molecule has 0 radical (unpaired) electrons. The smallest absolute Gasteiger partial charge is 0.306 e. The van der Waals surface area contributed by atoms with Gasteiger partial charge in [-0.05, 0) is 70.6 Å². The molecular formula is C59H108O6. The summed E-state index contributed by atoms with van der Waals surface area (Å²) in [6.45, 7) is 6.63. The third-order valence-electron chi connectivity index (χ3n) is 12.6. The maximum atomic E-state index is 12.8. The van der Waals surface area contributed by atoms with Crippen molar-refractivity contribution in [1.82, 2.24) is 0 Å². The van der Waals surface area contributed by atoms with Crippen molar-refractivity contribution in [2.24, 2.45) is 0 Å². The summed E-state index contributed by atoms with van der Waals surface area (Å²) in [5, 5.41) is 0. The van der Waals surface area contributed by atoms with E-state index in [2.05, 4.69) is 57.2 Å². The minimum atomic E-state index is -0.781. The van der Waals surface area contributed by atoms with E-state index in [1.807, 2.05) is 0 Å². The molecule has 0 bridgehead atoms. The molecule has 380 valence electrons. The van der Waals surface area contributed by atoms with Gasteiger partial charge in [-0.2, -0.15) is 0 Å². The summed E-state index contributed by atoms with van der Waals surface area (Å²) in [4.78, 5) is 38.1. The first-order valence-corrected chi connectivity index (χ1v) is 28.5. The second kappa shape index (κ2) is 54.2. The Hall–Kier alpha value is -2.37. The van der Waals surface area contributed by atoms with Crippen LogP contribution in [0.3, 0.4) is 0 Å². The quantitative estimate of drug-likeness (QED) is 0.0199. The van der Waals surface area contributed by atoms with Gasteiger partial charge in [-0.3, -0.25) is 14.4 Å². The van der Waals surface area contributed by atoms with E-state index >= 15 is 0 Å². The van der Waals surface area contributed by atoms with Gasteiger partial charge < -0.3 is 14.2 Å². The van der Waals surface area contributed by atoms with E-state index in [1.165, 1.54) is 193 Å². The summed E-state index contributed by atoms with van der Waals surface area (Å²) in [6, 6.07) is 0. The monoisotopic (exact) mass is 913 g/mol. The van der Waals surface area contributed by atoms with Gasteiger partial charge in [0.1, 0.15) is 13.2 Å². The minimum Gasteiger partial charge on any atom is -0.462 e. The number of allylic oxidation sites excluding steroid dienone is 6. The number of hydrogen-bond acceptors (Lipinski definition) is 6. The first kappa shape index (κ1) is 62.6. The molecule has 0 aliphatic heterocycles. The molecule has 0 aromatic heterocycles. The Morgan fingerprint density at radius 2 is 0.554 bits per heavy atom. The first-order valence-electron chi connectivity index (χ1n) is 28.5. The maximum Gasteiger partial charge on any atom is 0.306 e. The lowest BCUT2D eigenvalue weighted by Gasteiger charge is -2.18. The fourth-order valence-electron chi connectivity index (χ4n) is 8.31. The lowest BCUT2D eigenvalue weighted by atomic mass is 10.0. The van der Waals surface area contributed by atoms with Gasteiger partial charge in [-0.15, -0.1) is 0 Å². The molecule has 0 amide bonds. The molecule has 0 rings (SSSR count). The Morgan fingerprint density at radius 3 is 0.892 bits per heavy atom. The van der Waals surface area contributed by atoms with Crippen LogP contribution in [-0.2, 0) is 28.6 Å². The Balaban J connectivity index is 4.39. The molecule has 0 fully saturated rings. The first-order chi connectivity index (χ1) is 32.0. The van der Waals surface area contributed by atoms with E-state index < -0.39 is 6.10 Å². The molecule has 6 heteroatoms.